The van der Waals surface area contributed by atoms with E-state index in [4.69, 9.17) is 0 Å². The number of thioether (sulfide) groups is 1. The van der Waals surface area contributed by atoms with Crippen LogP contribution in [-0.2, 0) is 4.79 Å². The predicted octanol–water partition coefficient (Wildman–Crippen LogP) is 1.56. The van der Waals surface area contributed by atoms with Crippen LogP contribution >= 0.6 is 11.8 Å². The van der Waals surface area contributed by atoms with Gasteiger partial charge in [0.05, 0.1) is 0 Å². The van der Waals surface area contributed by atoms with E-state index in [2.05, 4.69) is 0 Å². The lowest BCUT2D eigenvalue weighted by Gasteiger charge is -2.17. The average molecular weight is 213 g/mol. The minimum absolute atomic E-state index is 0.0753. The third kappa shape index (κ3) is 2.79. The monoisotopic (exact) mass is 213 g/mol. The van der Waals surface area contributed by atoms with E-state index in [1.54, 1.807) is 11.8 Å². The van der Waals surface area contributed by atoms with E-state index in [0.717, 1.165) is 5.75 Å². The number of rotatable bonds is 1. The van der Waals surface area contributed by atoms with Crippen LogP contribution < -0.4 is 5.32 Å². The number of carbonyl (C=O) groups excluding carboxylic acids is 1. The van der Waals surface area contributed by atoms with Gasteiger partial charge in [-0.25, -0.2) is 0 Å². The number of amides is 1. The standard InChI is InChI=1S/C7H10F3NOS/c1-4-5(2-3-13-4)11-6(12)7(8,9)10/h4-5H,2-3H2,1H3,(H,11,12). The molecule has 1 aliphatic heterocycles. The Morgan fingerprint density at radius 2 is 2.15 bits per heavy atom. The summed E-state index contributed by atoms with van der Waals surface area (Å²) in [6.07, 6.45) is -4.14. The molecule has 0 aromatic carbocycles. The lowest BCUT2D eigenvalue weighted by molar-refractivity contribution is -0.174. The van der Waals surface area contributed by atoms with Gasteiger partial charge in [0.2, 0.25) is 0 Å². The highest BCUT2D eigenvalue weighted by molar-refractivity contribution is 8.00. The summed E-state index contributed by atoms with van der Waals surface area (Å²) in [5, 5.41) is 2.06. The van der Waals surface area contributed by atoms with Gasteiger partial charge in [0, 0.05) is 11.3 Å². The van der Waals surface area contributed by atoms with Gasteiger partial charge in [-0.05, 0) is 12.2 Å². The van der Waals surface area contributed by atoms with Crippen molar-refractivity contribution >= 4 is 17.7 Å². The molecule has 2 nitrogen and oxygen atoms in total. The zero-order valence-electron chi connectivity index (χ0n) is 7.02. The summed E-state index contributed by atoms with van der Waals surface area (Å²) in [5.74, 6) is -1.02. The van der Waals surface area contributed by atoms with Gasteiger partial charge in [-0.1, -0.05) is 6.92 Å². The molecular weight excluding hydrogens is 203 g/mol. The van der Waals surface area contributed by atoms with Gasteiger partial charge in [0.15, 0.2) is 0 Å². The van der Waals surface area contributed by atoms with Crippen molar-refractivity contribution in [1.29, 1.82) is 0 Å². The second-order valence-electron chi connectivity index (χ2n) is 2.94. The number of hydrogen-bond donors (Lipinski definition) is 1. The molecule has 13 heavy (non-hydrogen) atoms. The fourth-order valence-corrected chi connectivity index (χ4v) is 2.37. The summed E-state index contributed by atoms with van der Waals surface area (Å²) in [4.78, 5) is 10.5. The fraction of sp³-hybridized carbons (Fsp3) is 0.857. The molecule has 1 fully saturated rings. The first-order chi connectivity index (χ1) is 5.91. The molecular formula is C7H10F3NOS. The summed E-state index contributed by atoms with van der Waals surface area (Å²) < 4.78 is 35.4. The lowest BCUT2D eigenvalue weighted by Crippen LogP contribution is -2.45. The molecule has 2 atom stereocenters. The molecule has 1 saturated heterocycles. The van der Waals surface area contributed by atoms with Crippen LogP contribution in [0.5, 0.6) is 0 Å². The van der Waals surface area contributed by atoms with Crippen LogP contribution in [0.25, 0.3) is 0 Å². The van der Waals surface area contributed by atoms with E-state index in [1.807, 2.05) is 12.2 Å². The van der Waals surface area contributed by atoms with Gasteiger partial charge in [0.1, 0.15) is 0 Å². The molecule has 1 N–H and O–H groups in total. The quantitative estimate of drug-likeness (QED) is 0.716. The van der Waals surface area contributed by atoms with Crippen molar-refractivity contribution in [3.63, 3.8) is 0 Å². The van der Waals surface area contributed by atoms with E-state index in [1.165, 1.54) is 0 Å². The molecule has 6 heteroatoms. The van der Waals surface area contributed by atoms with Gasteiger partial charge >= 0.3 is 12.1 Å². The van der Waals surface area contributed by atoms with E-state index >= 15 is 0 Å². The topological polar surface area (TPSA) is 29.1 Å². The van der Waals surface area contributed by atoms with Gasteiger partial charge in [-0.15, -0.1) is 0 Å². The minimum Gasteiger partial charge on any atom is -0.344 e. The van der Waals surface area contributed by atoms with Gasteiger partial charge in [-0.2, -0.15) is 24.9 Å². The summed E-state index contributed by atoms with van der Waals surface area (Å²) >= 11 is 1.58. The molecule has 0 aromatic heterocycles. The molecule has 0 radical (unpaired) electrons. The molecule has 1 aliphatic rings. The van der Waals surface area contributed by atoms with Gasteiger partial charge in [-0.3, -0.25) is 4.79 Å². The largest absolute Gasteiger partial charge is 0.471 e. The van der Waals surface area contributed by atoms with Crippen molar-refractivity contribution in [2.75, 3.05) is 5.75 Å². The Bertz CT molecular complexity index is 206. The highest BCUT2D eigenvalue weighted by Gasteiger charge is 2.41. The van der Waals surface area contributed by atoms with Crippen molar-refractivity contribution in [3.05, 3.63) is 0 Å². The molecule has 0 spiro atoms. The van der Waals surface area contributed by atoms with Crippen molar-refractivity contribution in [2.45, 2.75) is 30.8 Å². The van der Waals surface area contributed by atoms with Crippen molar-refractivity contribution in [2.24, 2.45) is 0 Å². The molecule has 1 rings (SSSR count). The minimum atomic E-state index is -4.76. The van der Waals surface area contributed by atoms with Crippen LogP contribution in [0.4, 0.5) is 13.2 Å². The Kier molecular flexibility index (Phi) is 3.10. The number of nitrogens with one attached hydrogen (secondary N) is 1. The summed E-state index contributed by atoms with van der Waals surface area (Å²) in [7, 11) is 0. The number of alkyl halides is 3. The highest BCUT2D eigenvalue weighted by Crippen LogP contribution is 2.27. The summed E-state index contributed by atoms with van der Waals surface area (Å²) in [6, 6.07) is -0.334. The van der Waals surface area contributed by atoms with Crippen LogP contribution in [0, 0.1) is 0 Å². The molecule has 0 aromatic rings. The van der Waals surface area contributed by atoms with Crippen molar-refractivity contribution in [1.82, 2.24) is 5.32 Å². The third-order valence-electron chi connectivity index (χ3n) is 1.95. The second-order valence-corrected chi connectivity index (χ2v) is 4.43. The van der Waals surface area contributed by atoms with Crippen molar-refractivity contribution in [3.8, 4) is 0 Å². The Labute approximate surface area is 78.3 Å². The normalized spacial score (nSPS) is 28.9. The number of carbonyl (C=O) groups is 1. The molecule has 0 saturated carbocycles. The Balaban J connectivity index is 2.45. The summed E-state index contributed by atoms with van der Waals surface area (Å²) in [6.45, 7) is 1.82. The van der Waals surface area contributed by atoms with Crippen LogP contribution in [0.1, 0.15) is 13.3 Å². The van der Waals surface area contributed by atoms with Crippen LogP contribution in [0.15, 0.2) is 0 Å². The Morgan fingerprint density at radius 1 is 1.54 bits per heavy atom. The Hall–Kier alpha value is -0.390. The first-order valence-electron chi connectivity index (χ1n) is 3.90. The van der Waals surface area contributed by atoms with Crippen LogP contribution in [0.3, 0.4) is 0 Å². The molecule has 2 unspecified atom stereocenters. The van der Waals surface area contributed by atoms with Crippen LogP contribution in [-0.4, -0.2) is 29.1 Å². The Morgan fingerprint density at radius 3 is 2.54 bits per heavy atom. The van der Waals surface area contributed by atoms with E-state index in [0.29, 0.717) is 6.42 Å². The number of halogens is 3. The maximum Gasteiger partial charge on any atom is 0.471 e. The van der Waals surface area contributed by atoms with Crippen molar-refractivity contribution < 1.29 is 18.0 Å². The highest BCUT2D eigenvalue weighted by atomic mass is 32.2. The first kappa shape index (κ1) is 10.7. The number of hydrogen-bond acceptors (Lipinski definition) is 2. The van der Waals surface area contributed by atoms with E-state index in [-0.39, 0.29) is 11.3 Å². The maximum atomic E-state index is 11.8. The average Bonchev–Trinajstić information content (AvgIpc) is 2.34. The predicted molar refractivity (Wildman–Crippen MR) is 44.5 cm³/mol. The smallest absolute Gasteiger partial charge is 0.344 e. The van der Waals surface area contributed by atoms with Gasteiger partial charge < -0.3 is 5.32 Å². The van der Waals surface area contributed by atoms with E-state index in [9.17, 15) is 18.0 Å². The second kappa shape index (κ2) is 3.77. The molecule has 76 valence electrons. The molecule has 0 aliphatic carbocycles. The maximum absolute atomic E-state index is 11.8. The SMILES string of the molecule is CC1SCCC1NC(=O)C(F)(F)F. The summed E-state index contributed by atoms with van der Waals surface area (Å²) in [5.41, 5.74) is 0. The van der Waals surface area contributed by atoms with E-state index < -0.39 is 12.1 Å². The molecule has 0 bridgehead atoms. The van der Waals surface area contributed by atoms with Crippen LogP contribution in [0.2, 0.25) is 0 Å². The fourth-order valence-electron chi connectivity index (χ4n) is 1.17. The molecule has 1 amide bonds. The third-order valence-corrected chi connectivity index (χ3v) is 3.28. The molecule has 1 heterocycles. The zero-order chi connectivity index (χ0) is 10.1. The first-order valence-corrected chi connectivity index (χ1v) is 4.95. The van der Waals surface area contributed by atoms with Gasteiger partial charge in [0.25, 0.3) is 0 Å². The lowest BCUT2D eigenvalue weighted by atomic mass is 10.2. The zero-order valence-corrected chi connectivity index (χ0v) is 7.84.